The van der Waals surface area contributed by atoms with Gasteiger partial charge in [-0.3, -0.25) is 14.4 Å². The fraction of sp³-hybridized carbons (Fsp3) is 0.154. The molecule has 0 bridgehead atoms. The summed E-state index contributed by atoms with van der Waals surface area (Å²) in [6, 6.07) is 18.7. The molecule has 186 valence electrons. The molecule has 3 N–H and O–H groups in total. The maximum Gasteiger partial charge on any atom is 0.488 e. The summed E-state index contributed by atoms with van der Waals surface area (Å²) >= 11 is 6.15. The number of anilines is 1. The molecule has 1 aromatic heterocycles. The van der Waals surface area contributed by atoms with Crippen molar-refractivity contribution in [2.75, 3.05) is 12.4 Å². The number of ether oxygens (including phenoxy) is 1. The number of methoxy groups -OCH3 is 1. The van der Waals surface area contributed by atoms with Gasteiger partial charge < -0.3 is 20.1 Å². The van der Waals surface area contributed by atoms with E-state index in [9.17, 15) is 14.8 Å². The molecule has 1 aliphatic rings. The molecule has 1 atom stereocenters. The van der Waals surface area contributed by atoms with E-state index >= 15 is 0 Å². The van der Waals surface area contributed by atoms with Crippen LogP contribution in [-0.2, 0) is 4.79 Å². The van der Waals surface area contributed by atoms with Crippen molar-refractivity contribution in [3.63, 3.8) is 0 Å². The highest BCUT2D eigenvalue weighted by molar-refractivity contribution is 6.58. The van der Waals surface area contributed by atoms with Crippen LogP contribution in [-0.4, -0.2) is 50.7 Å². The topological polar surface area (TPSA) is 122 Å². The van der Waals surface area contributed by atoms with Crippen molar-refractivity contribution in [2.24, 2.45) is 4.99 Å². The van der Waals surface area contributed by atoms with Crippen molar-refractivity contribution in [3.8, 4) is 11.4 Å². The highest BCUT2D eigenvalue weighted by Crippen LogP contribution is 2.34. The molecule has 0 aliphatic carbocycles. The lowest BCUT2D eigenvalue weighted by atomic mass is 9.80. The van der Waals surface area contributed by atoms with Gasteiger partial charge in [-0.15, -0.1) is 10.2 Å². The molecule has 1 amide bonds. The zero-order valence-electron chi connectivity index (χ0n) is 20.1. The molecule has 0 saturated heterocycles. The zero-order chi connectivity index (χ0) is 26.1. The Bertz CT molecular complexity index is 1490. The second-order valence-corrected chi connectivity index (χ2v) is 9.01. The average Bonchev–Trinajstić information content (AvgIpc) is 3.21. The lowest BCUT2D eigenvalue weighted by molar-refractivity contribution is -0.116. The summed E-state index contributed by atoms with van der Waals surface area (Å²) in [5, 5.41) is 30.7. The van der Waals surface area contributed by atoms with Gasteiger partial charge in [0.15, 0.2) is 5.82 Å². The molecule has 2 heterocycles. The van der Waals surface area contributed by atoms with Crippen molar-refractivity contribution in [1.82, 2.24) is 14.8 Å². The van der Waals surface area contributed by atoms with Crippen molar-refractivity contribution in [3.05, 3.63) is 94.5 Å². The number of carbonyl (C=O) groups excluding carboxylic acids is 1. The first-order valence-corrected chi connectivity index (χ1v) is 11.9. The van der Waals surface area contributed by atoms with Crippen LogP contribution >= 0.6 is 11.6 Å². The van der Waals surface area contributed by atoms with E-state index in [0.29, 0.717) is 39.3 Å². The lowest BCUT2D eigenvalue weighted by Gasteiger charge is -2.14. The molecule has 9 nitrogen and oxygen atoms in total. The van der Waals surface area contributed by atoms with E-state index < -0.39 is 13.2 Å². The van der Waals surface area contributed by atoms with Crippen LogP contribution in [0.15, 0.2) is 71.7 Å². The number of rotatable bonds is 6. The van der Waals surface area contributed by atoms with Crippen molar-refractivity contribution >= 4 is 41.5 Å². The SMILES string of the molecule is COc1ccc2c(c1)C(c1ccc(Cl)cc1)=NC(CC(=O)Nc1ccc(B(O)O)cc1)c1nnc(C)n1-2. The van der Waals surface area contributed by atoms with Crippen LogP contribution in [0.25, 0.3) is 5.69 Å². The number of amides is 1. The summed E-state index contributed by atoms with van der Waals surface area (Å²) in [7, 11) is 0.0275. The second kappa shape index (κ2) is 10.2. The minimum atomic E-state index is -1.58. The summed E-state index contributed by atoms with van der Waals surface area (Å²) < 4.78 is 7.41. The molecule has 0 saturated carbocycles. The molecule has 3 aromatic carbocycles. The monoisotopic (exact) mass is 515 g/mol. The number of nitrogens with one attached hydrogen (secondary N) is 1. The van der Waals surface area contributed by atoms with E-state index in [2.05, 4.69) is 15.5 Å². The Morgan fingerprint density at radius 3 is 2.49 bits per heavy atom. The minimum Gasteiger partial charge on any atom is -0.497 e. The highest BCUT2D eigenvalue weighted by atomic mass is 35.5. The minimum absolute atomic E-state index is 0.00469. The first-order valence-electron chi connectivity index (χ1n) is 11.5. The Morgan fingerprint density at radius 1 is 1.08 bits per heavy atom. The van der Waals surface area contributed by atoms with Crippen molar-refractivity contribution in [1.29, 1.82) is 0 Å². The number of hydrogen-bond acceptors (Lipinski definition) is 7. The number of hydrogen-bond donors (Lipinski definition) is 3. The Balaban J connectivity index is 1.56. The van der Waals surface area contributed by atoms with Crippen LogP contribution in [0.1, 0.15) is 35.2 Å². The summed E-state index contributed by atoms with van der Waals surface area (Å²) in [4.78, 5) is 18.1. The molecule has 37 heavy (non-hydrogen) atoms. The van der Waals surface area contributed by atoms with Gasteiger partial charge in [0.25, 0.3) is 0 Å². The summed E-state index contributed by atoms with van der Waals surface area (Å²) in [6.07, 6.45) is 0.00469. The van der Waals surface area contributed by atoms with Crippen LogP contribution in [0.4, 0.5) is 5.69 Å². The van der Waals surface area contributed by atoms with E-state index in [1.807, 2.05) is 41.8 Å². The summed E-state index contributed by atoms with van der Waals surface area (Å²) in [5.41, 5.74) is 4.00. The third-order valence-electron chi connectivity index (χ3n) is 6.12. The van der Waals surface area contributed by atoms with E-state index in [4.69, 9.17) is 21.3 Å². The maximum absolute atomic E-state index is 13.1. The Kier molecular flexibility index (Phi) is 6.79. The molecule has 1 unspecified atom stereocenters. The van der Waals surface area contributed by atoms with E-state index in [1.54, 1.807) is 31.4 Å². The molecule has 1 aliphatic heterocycles. The van der Waals surface area contributed by atoms with Gasteiger partial charge in [-0.05, 0) is 54.9 Å². The van der Waals surface area contributed by atoms with Gasteiger partial charge in [0, 0.05) is 21.8 Å². The molecule has 5 rings (SSSR count). The van der Waals surface area contributed by atoms with Crippen molar-refractivity contribution < 1.29 is 19.6 Å². The molecular weight excluding hydrogens is 493 g/mol. The average molecular weight is 516 g/mol. The highest BCUT2D eigenvalue weighted by Gasteiger charge is 2.30. The molecule has 0 radical (unpaired) electrons. The second-order valence-electron chi connectivity index (χ2n) is 8.57. The summed E-state index contributed by atoms with van der Waals surface area (Å²) in [6.45, 7) is 1.85. The Labute approximate surface area is 218 Å². The standard InChI is InChI=1S/C26H23BClN5O4/c1-15-31-32-26-22(14-24(34)29-19-9-5-17(6-10-19)27(35)36)30-25(16-3-7-18(28)8-4-16)21-13-20(37-2)11-12-23(21)33(15)26/h3-13,22,35-36H,14H2,1-2H3,(H,29,34). The normalized spacial score (nSPS) is 14.2. The number of aromatic nitrogens is 3. The number of aryl methyl sites for hydroxylation is 1. The fourth-order valence-corrected chi connectivity index (χ4v) is 4.43. The molecule has 0 fully saturated rings. The Hall–Kier alpha value is -3.99. The molecule has 11 heteroatoms. The first-order chi connectivity index (χ1) is 17.8. The number of halogens is 1. The van der Waals surface area contributed by atoms with Gasteiger partial charge in [-0.25, -0.2) is 0 Å². The molecular formula is C26H23BClN5O4. The number of carbonyl (C=O) groups is 1. The van der Waals surface area contributed by atoms with E-state index in [1.165, 1.54) is 12.1 Å². The number of fused-ring (bicyclic) bond motifs is 3. The third kappa shape index (κ3) is 4.99. The quantitative estimate of drug-likeness (QED) is 0.340. The zero-order valence-corrected chi connectivity index (χ0v) is 20.8. The van der Waals surface area contributed by atoms with Crippen LogP contribution in [0, 0.1) is 6.92 Å². The maximum atomic E-state index is 13.1. The van der Waals surface area contributed by atoms with Gasteiger partial charge in [-0.1, -0.05) is 35.9 Å². The molecule has 0 spiro atoms. The predicted octanol–water partition coefficient (Wildman–Crippen LogP) is 2.84. The first kappa shape index (κ1) is 24.7. The third-order valence-corrected chi connectivity index (χ3v) is 6.37. The molecule has 4 aromatic rings. The van der Waals surface area contributed by atoms with Crippen LogP contribution < -0.4 is 15.5 Å². The Morgan fingerprint density at radius 2 is 1.81 bits per heavy atom. The van der Waals surface area contributed by atoms with Gasteiger partial charge in [0.2, 0.25) is 5.91 Å². The fourth-order valence-electron chi connectivity index (χ4n) is 4.30. The smallest absolute Gasteiger partial charge is 0.488 e. The van der Waals surface area contributed by atoms with E-state index in [-0.39, 0.29) is 12.3 Å². The van der Waals surface area contributed by atoms with Gasteiger partial charge in [0.1, 0.15) is 17.6 Å². The van der Waals surface area contributed by atoms with Crippen LogP contribution in [0.5, 0.6) is 5.75 Å². The predicted molar refractivity (Wildman–Crippen MR) is 142 cm³/mol. The van der Waals surface area contributed by atoms with Crippen LogP contribution in [0.3, 0.4) is 0 Å². The van der Waals surface area contributed by atoms with Crippen molar-refractivity contribution in [2.45, 2.75) is 19.4 Å². The largest absolute Gasteiger partial charge is 0.497 e. The van der Waals surface area contributed by atoms with Gasteiger partial charge in [-0.2, -0.15) is 0 Å². The lowest BCUT2D eigenvalue weighted by Crippen LogP contribution is -2.29. The number of benzene rings is 3. The number of nitrogens with zero attached hydrogens (tertiary/aromatic N) is 4. The number of aliphatic imine (C=N–C) groups is 1. The summed E-state index contributed by atoms with van der Waals surface area (Å²) in [5.74, 6) is 1.59. The van der Waals surface area contributed by atoms with E-state index in [0.717, 1.165) is 16.8 Å². The van der Waals surface area contributed by atoms with Gasteiger partial charge >= 0.3 is 7.12 Å². The van der Waals surface area contributed by atoms with Gasteiger partial charge in [0.05, 0.1) is 24.9 Å². The van der Waals surface area contributed by atoms with Crippen LogP contribution in [0.2, 0.25) is 5.02 Å².